The molecule has 4 nitrogen and oxygen atoms in total. The monoisotopic (exact) mass is 267 g/mol. The zero-order valence-corrected chi connectivity index (χ0v) is 12.4. The summed E-state index contributed by atoms with van der Waals surface area (Å²) in [6.07, 6.45) is 6.89. The number of amides is 1. The smallest absolute Gasteiger partial charge is 0.311 e. The second kappa shape index (κ2) is 5.76. The lowest BCUT2D eigenvalue weighted by atomic mass is 9.74. The normalized spacial score (nSPS) is 16.7. The van der Waals surface area contributed by atoms with Gasteiger partial charge in [-0.2, -0.15) is 0 Å². The van der Waals surface area contributed by atoms with E-state index in [4.69, 9.17) is 0 Å². The zero-order valence-electron chi connectivity index (χ0n) is 12.4. The SMILES string of the molecule is CC(C)(NC(=O)CC1=CCCCC1)C(C)(C)C(=O)O. The number of nitrogens with one attached hydrogen (secondary N) is 1. The van der Waals surface area contributed by atoms with Crippen molar-refractivity contribution in [2.45, 2.75) is 65.3 Å². The summed E-state index contributed by atoms with van der Waals surface area (Å²) in [4.78, 5) is 23.3. The van der Waals surface area contributed by atoms with Gasteiger partial charge in [0.1, 0.15) is 0 Å². The van der Waals surface area contributed by atoms with Crippen molar-refractivity contribution in [3.05, 3.63) is 11.6 Å². The van der Waals surface area contributed by atoms with Crippen molar-refractivity contribution in [3.8, 4) is 0 Å². The van der Waals surface area contributed by atoms with Gasteiger partial charge in [-0.15, -0.1) is 0 Å². The van der Waals surface area contributed by atoms with Crippen molar-refractivity contribution >= 4 is 11.9 Å². The predicted octanol–water partition coefficient (Wildman–Crippen LogP) is 2.88. The fourth-order valence-corrected chi connectivity index (χ4v) is 2.09. The predicted molar refractivity (Wildman–Crippen MR) is 74.8 cm³/mol. The Morgan fingerprint density at radius 3 is 2.37 bits per heavy atom. The third-order valence-electron chi connectivity index (χ3n) is 4.32. The highest BCUT2D eigenvalue weighted by Gasteiger charge is 2.44. The summed E-state index contributed by atoms with van der Waals surface area (Å²) in [5.74, 6) is -0.998. The van der Waals surface area contributed by atoms with E-state index in [1.807, 2.05) is 0 Å². The summed E-state index contributed by atoms with van der Waals surface area (Å²) < 4.78 is 0. The van der Waals surface area contributed by atoms with Gasteiger partial charge in [-0.1, -0.05) is 11.6 Å². The molecule has 0 aromatic carbocycles. The van der Waals surface area contributed by atoms with Crippen molar-refractivity contribution in [1.82, 2.24) is 5.32 Å². The van der Waals surface area contributed by atoms with E-state index in [0.717, 1.165) is 19.3 Å². The van der Waals surface area contributed by atoms with Gasteiger partial charge >= 0.3 is 5.97 Å². The van der Waals surface area contributed by atoms with Crippen LogP contribution in [-0.4, -0.2) is 22.5 Å². The Morgan fingerprint density at radius 1 is 1.26 bits per heavy atom. The number of carbonyl (C=O) groups excluding carboxylic acids is 1. The maximum atomic E-state index is 12.1. The lowest BCUT2D eigenvalue weighted by Crippen LogP contribution is -2.57. The molecule has 108 valence electrons. The van der Waals surface area contributed by atoms with Gasteiger partial charge in [-0.05, 0) is 53.4 Å². The van der Waals surface area contributed by atoms with Crippen LogP contribution in [0.3, 0.4) is 0 Å². The molecule has 1 rings (SSSR count). The molecule has 0 saturated carbocycles. The lowest BCUT2D eigenvalue weighted by molar-refractivity contribution is -0.151. The van der Waals surface area contributed by atoms with E-state index >= 15 is 0 Å². The van der Waals surface area contributed by atoms with Crippen LogP contribution in [0.25, 0.3) is 0 Å². The molecule has 0 aromatic rings. The number of rotatable bonds is 5. The van der Waals surface area contributed by atoms with Gasteiger partial charge in [0.25, 0.3) is 0 Å². The van der Waals surface area contributed by atoms with Crippen LogP contribution in [-0.2, 0) is 9.59 Å². The Hall–Kier alpha value is -1.32. The van der Waals surface area contributed by atoms with Crippen LogP contribution in [0.2, 0.25) is 0 Å². The van der Waals surface area contributed by atoms with Crippen LogP contribution < -0.4 is 5.32 Å². The van der Waals surface area contributed by atoms with Crippen molar-refractivity contribution in [2.24, 2.45) is 5.41 Å². The third-order valence-corrected chi connectivity index (χ3v) is 4.32. The average molecular weight is 267 g/mol. The molecule has 0 aromatic heterocycles. The highest BCUT2D eigenvalue weighted by Crippen LogP contribution is 2.31. The van der Waals surface area contributed by atoms with E-state index in [2.05, 4.69) is 11.4 Å². The van der Waals surface area contributed by atoms with Gasteiger partial charge in [-0.25, -0.2) is 0 Å². The molecule has 4 heteroatoms. The molecular weight excluding hydrogens is 242 g/mol. The molecule has 1 amide bonds. The zero-order chi connectivity index (χ0) is 14.7. The standard InChI is InChI=1S/C15H25NO3/c1-14(2,13(18)19)15(3,4)16-12(17)10-11-8-6-5-7-9-11/h8H,5-7,9-10H2,1-4H3,(H,16,17)(H,18,19). The maximum Gasteiger partial charge on any atom is 0.311 e. The maximum absolute atomic E-state index is 12.1. The lowest BCUT2D eigenvalue weighted by Gasteiger charge is -2.39. The molecule has 0 heterocycles. The van der Waals surface area contributed by atoms with Gasteiger partial charge in [0.05, 0.1) is 5.41 Å². The number of aliphatic carboxylic acids is 1. The molecule has 1 aliphatic carbocycles. The van der Waals surface area contributed by atoms with Crippen LogP contribution in [0.1, 0.15) is 59.8 Å². The topological polar surface area (TPSA) is 66.4 Å². The van der Waals surface area contributed by atoms with E-state index in [1.54, 1.807) is 27.7 Å². The van der Waals surface area contributed by atoms with Crippen LogP contribution in [0.4, 0.5) is 0 Å². The summed E-state index contributed by atoms with van der Waals surface area (Å²) in [6.45, 7) is 6.79. The first kappa shape index (κ1) is 15.7. The highest BCUT2D eigenvalue weighted by molar-refractivity contribution is 5.82. The number of carboxylic acids is 1. The van der Waals surface area contributed by atoms with Gasteiger partial charge in [-0.3, -0.25) is 9.59 Å². The molecule has 0 bridgehead atoms. The summed E-state index contributed by atoms with van der Waals surface area (Å²) in [5, 5.41) is 12.1. The molecule has 0 fully saturated rings. The largest absolute Gasteiger partial charge is 0.481 e. The minimum absolute atomic E-state index is 0.0903. The number of allylic oxidation sites excluding steroid dienone is 1. The molecule has 0 saturated heterocycles. The molecule has 2 N–H and O–H groups in total. The molecule has 0 radical (unpaired) electrons. The van der Waals surface area contributed by atoms with Crippen molar-refractivity contribution < 1.29 is 14.7 Å². The second-order valence-corrected chi connectivity index (χ2v) is 6.39. The fraction of sp³-hybridized carbons (Fsp3) is 0.733. The van der Waals surface area contributed by atoms with E-state index in [1.165, 1.54) is 12.0 Å². The van der Waals surface area contributed by atoms with Crippen molar-refractivity contribution in [1.29, 1.82) is 0 Å². The second-order valence-electron chi connectivity index (χ2n) is 6.39. The van der Waals surface area contributed by atoms with E-state index in [0.29, 0.717) is 6.42 Å². The van der Waals surface area contributed by atoms with Crippen LogP contribution in [0, 0.1) is 5.41 Å². The molecule has 1 aliphatic rings. The molecule has 0 spiro atoms. The first-order valence-corrected chi connectivity index (χ1v) is 6.89. The summed E-state index contributed by atoms with van der Waals surface area (Å²) in [5.41, 5.74) is -0.623. The van der Waals surface area contributed by atoms with Gasteiger partial charge in [0.2, 0.25) is 5.91 Å². The third kappa shape index (κ3) is 3.82. The summed E-state index contributed by atoms with van der Waals surface area (Å²) >= 11 is 0. The Balaban J connectivity index is 2.65. The Kier molecular flexibility index (Phi) is 4.77. The first-order valence-electron chi connectivity index (χ1n) is 6.89. The van der Waals surface area contributed by atoms with E-state index < -0.39 is 16.9 Å². The van der Waals surface area contributed by atoms with Crippen LogP contribution >= 0.6 is 0 Å². The quantitative estimate of drug-likeness (QED) is 0.753. The van der Waals surface area contributed by atoms with Gasteiger partial charge in [0.15, 0.2) is 0 Å². The minimum Gasteiger partial charge on any atom is -0.481 e. The van der Waals surface area contributed by atoms with Crippen molar-refractivity contribution in [3.63, 3.8) is 0 Å². The summed E-state index contributed by atoms with van der Waals surface area (Å²) in [7, 11) is 0. The van der Waals surface area contributed by atoms with E-state index in [9.17, 15) is 14.7 Å². The number of hydrogen-bond donors (Lipinski definition) is 2. The summed E-state index contributed by atoms with van der Waals surface area (Å²) in [6, 6.07) is 0. The van der Waals surface area contributed by atoms with E-state index in [-0.39, 0.29) is 5.91 Å². The molecule has 0 aliphatic heterocycles. The minimum atomic E-state index is -1.01. The number of hydrogen-bond acceptors (Lipinski definition) is 2. The van der Waals surface area contributed by atoms with Crippen LogP contribution in [0.15, 0.2) is 11.6 Å². The highest BCUT2D eigenvalue weighted by atomic mass is 16.4. The average Bonchev–Trinajstić information content (AvgIpc) is 2.28. The van der Waals surface area contributed by atoms with Gasteiger partial charge in [0, 0.05) is 12.0 Å². The number of carboxylic acid groups (broad SMARTS) is 1. The Morgan fingerprint density at radius 2 is 1.89 bits per heavy atom. The van der Waals surface area contributed by atoms with Gasteiger partial charge < -0.3 is 10.4 Å². The molecular formula is C15H25NO3. The number of carbonyl (C=O) groups is 2. The van der Waals surface area contributed by atoms with Crippen molar-refractivity contribution in [2.75, 3.05) is 0 Å². The molecule has 0 unspecified atom stereocenters. The Labute approximate surface area is 115 Å². The first-order chi connectivity index (χ1) is 8.67. The Bertz CT molecular complexity index is 394. The molecule has 19 heavy (non-hydrogen) atoms. The molecule has 0 atom stereocenters. The van der Waals surface area contributed by atoms with Crippen LogP contribution in [0.5, 0.6) is 0 Å². The fourth-order valence-electron chi connectivity index (χ4n) is 2.09.